The van der Waals surface area contributed by atoms with Gasteiger partial charge in [0.1, 0.15) is 6.23 Å². The van der Waals surface area contributed by atoms with Crippen LogP contribution in [0.4, 0.5) is 18.9 Å². The molecule has 1 atom stereocenters. The second kappa shape index (κ2) is 5.97. The maximum Gasteiger partial charge on any atom is 0.416 e. The summed E-state index contributed by atoms with van der Waals surface area (Å²) in [7, 11) is 0. The van der Waals surface area contributed by atoms with Gasteiger partial charge in [0.2, 0.25) is 0 Å². The molecule has 0 radical (unpaired) electrons. The van der Waals surface area contributed by atoms with E-state index in [-0.39, 0.29) is 6.23 Å². The van der Waals surface area contributed by atoms with Crippen molar-refractivity contribution in [3.8, 4) is 0 Å². The number of ether oxygens (including phenoxy) is 1. The van der Waals surface area contributed by atoms with E-state index in [1.165, 1.54) is 6.07 Å². The fourth-order valence-electron chi connectivity index (χ4n) is 2.06. The van der Waals surface area contributed by atoms with Crippen LogP contribution in [0.2, 0.25) is 0 Å². The highest BCUT2D eigenvalue weighted by atomic mass is 32.1. The highest BCUT2D eigenvalue weighted by molar-refractivity contribution is 7.80. The smallest absolute Gasteiger partial charge is 0.356 e. The van der Waals surface area contributed by atoms with E-state index in [1.807, 2.05) is 11.8 Å². The van der Waals surface area contributed by atoms with Crippen molar-refractivity contribution in [3.63, 3.8) is 0 Å². The molecule has 110 valence electrons. The van der Waals surface area contributed by atoms with Gasteiger partial charge in [0.15, 0.2) is 5.11 Å². The lowest BCUT2D eigenvalue weighted by Gasteiger charge is -2.25. The molecule has 1 aliphatic heterocycles. The largest absolute Gasteiger partial charge is 0.416 e. The summed E-state index contributed by atoms with van der Waals surface area (Å²) in [6, 6.07) is 4.98. The van der Waals surface area contributed by atoms with E-state index in [0.29, 0.717) is 24.0 Å². The van der Waals surface area contributed by atoms with Gasteiger partial charge < -0.3 is 15.0 Å². The Morgan fingerprint density at radius 1 is 1.50 bits per heavy atom. The number of nitrogens with zero attached hydrogens (tertiary/aromatic N) is 1. The van der Waals surface area contributed by atoms with Gasteiger partial charge in [0.05, 0.1) is 12.2 Å². The summed E-state index contributed by atoms with van der Waals surface area (Å²) in [5.41, 5.74) is -0.374. The molecule has 1 aromatic carbocycles. The molecule has 0 spiro atoms. The Balaban J connectivity index is 2.08. The first-order valence-corrected chi connectivity index (χ1v) is 6.69. The van der Waals surface area contributed by atoms with Crippen LogP contribution in [0.25, 0.3) is 0 Å². The summed E-state index contributed by atoms with van der Waals surface area (Å²) in [5.74, 6) is 0. The number of halogens is 3. The summed E-state index contributed by atoms with van der Waals surface area (Å²) in [5, 5.41) is 3.22. The fourth-order valence-corrected chi connectivity index (χ4v) is 2.39. The third-order valence-corrected chi connectivity index (χ3v) is 3.38. The molecule has 20 heavy (non-hydrogen) atoms. The molecule has 0 bridgehead atoms. The lowest BCUT2D eigenvalue weighted by molar-refractivity contribution is -0.137. The van der Waals surface area contributed by atoms with Crippen molar-refractivity contribution in [1.82, 2.24) is 4.90 Å². The molecule has 3 nitrogen and oxygen atoms in total. The molecule has 1 unspecified atom stereocenters. The molecule has 0 saturated carbocycles. The number of anilines is 1. The first-order valence-electron chi connectivity index (χ1n) is 6.28. The first kappa shape index (κ1) is 15.1. The van der Waals surface area contributed by atoms with Crippen LogP contribution in [0.3, 0.4) is 0 Å². The molecule has 0 aromatic heterocycles. The molecule has 0 aliphatic carbocycles. The standard InChI is InChI=1S/C13H15F3N2OS/c1-2-11-18(6-7-19-11)12(20)17-10-5-3-4-9(8-10)13(14,15)16/h3-5,8,11H,2,6-7H2,1H3,(H,17,20). The van der Waals surface area contributed by atoms with Gasteiger partial charge in [0, 0.05) is 12.2 Å². The molecular formula is C13H15F3N2OS. The van der Waals surface area contributed by atoms with Crippen molar-refractivity contribution in [1.29, 1.82) is 0 Å². The van der Waals surface area contributed by atoms with Gasteiger partial charge >= 0.3 is 6.18 Å². The lowest BCUT2D eigenvalue weighted by atomic mass is 10.2. The Hall–Kier alpha value is -1.34. The van der Waals surface area contributed by atoms with Gasteiger partial charge in [-0.2, -0.15) is 13.2 Å². The zero-order valence-corrected chi connectivity index (χ0v) is 11.7. The average molecular weight is 304 g/mol. The van der Waals surface area contributed by atoms with Crippen LogP contribution in [0.5, 0.6) is 0 Å². The molecule has 1 heterocycles. The van der Waals surface area contributed by atoms with Crippen molar-refractivity contribution >= 4 is 23.0 Å². The molecule has 1 aromatic rings. The van der Waals surface area contributed by atoms with Crippen LogP contribution in [-0.2, 0) is 10.9 Å². The lowest BCUT2D eigenvalue weighted by Crippen LogP contribution is -2.38. The van der Waals surface area contributed by atoms with E-state index in [0.717, 1.165) is 18.6 Å². The van der Waals surface area contributed by atoms with E-state index >= 15 is 0 Å². The molecule has 1 saturated heterocycles. The van der Waals surface area contributed by atoms with E-state index in [9.17, 15) is 13.2 Å². The number of hydrogen-bond acceptors (Lipinski definition) is 2. The highest BCUT2D eigenvalue weighted by Crippen LogP contribution is 2.30. The summed E-state index contributed by atoms with van der Waals surface area (Å²) < 4.78 is 43.4. The minimum Gasteiger partial charge on any atom is -0.356 e. The van der Waals surface area contributed by atoms with E-state index < -0.39 is 11.7 Å². The van der Waals surface area contributed by atoms with Gasteiger partial charge in [-0.15, -0.1) is 0 Å². The third kappa shape index (κ3) is 3.40. The minimum absolute atomic E-state index is 0.110. The maximum absolute atomic E-state index is 12.6. The van der Waals surface area contributed by atoms with Crippen LogP contribution < -0.4 is 5.32 Å². The summed E-state index contributed by atoms with van der Waals surface area (Å²) in [4.78, 5) is 1.84. The fraction of sp³-hybridized carbons (Fsp3) is 0.462. The van der Waals surface area contributed by atoms with Gasteiger partial charge in [-0.1, -0.05) is 13.0 Å². The Kier molecular flexibility index (Phi) is 4.49. The summed E-state index contributed by atoms with van der Waals surface area (Å²) in [6.07, 6.45) is -3.70. The normalized spacial score (nSPS) is 19.2. The molecule has 0 amide bonds. The predicted molar refractivity (Wildman–Crippen MR) is 74.4 cm³/mol. The Labute approximate surface area is 120 Å². The zero-order chi connectivity index (χ0) is 14.8. The van der Waals surface area contributed by atoms with E-state index in [1.54, 1.807) is 6.07 Å². The van der Waals surface area contributed by atoms with Crippen molar-refractivity contribution in [2.45, 2.75) is 25.7 Å². The molecule has 7 heteroatoms. The Morgan fingerprint density at radius 2 is 2.25 bits per heavy atom. The summed E-state index contributed by atoms with van der Waals surface area (Å²) >= 11 is 5.23. The number of thiocarbonyl (C=S) groups is 1. The number of rotatable bonds is 2. The van der Waals surface area contributed by atoms with E-state index in [4.69, 9.17) is 17.0 Å². The first-order chi connectivity index (χ1) is 9.41. The van der Waals surface area contributed by atoms with Crippen LogP contribution in [0, 0.1) is 0 Å². The highest BCUT2D eigenvalue weighted by Gasteiger charge is 2.31. The van der Waals surface area contributed by atoms with Gasteiger partial charge in [0.25, 0.3) is 0 Å². The number of alkyl halides is 3. The van der Waals surface area contributed by atoms with Gasteiger partial charge in [-0.05, 0) is 36.8 Å². The van der Waals surface area contributed by atoms with Crippen molar-refractivity contribution in [3.05, 3.63) is 29.8 Å². The number of benzene rings is 1. The quantitative estimate of drug-likeness (QED) is 0.846. The number of hydrogen-bond donors (Lipinski definition) is 1. The molecular weight excluding hydrogens is 289 g/mol. The topological polar surface area (TPSA) is 24.5 Å². The number of nitrogens with one attached hydrogen (secondary N) is 1. The van der Waals surface area contributed by atoms with Crippen LogP contribution in [0.15, 0.2) is 24.3 Å². The van der Waals surface area contributed by atoms with Gasteiger partial charge in [-0.25, -0.2) is 0 Å². The van der Waals surface area contributed by atoms with Crippen molar-refractivity contribution in [2.24, 2.45) is 0 Å². The minimum atomic E-state index is -4.36. The molecule has 1 fully saturated rings. The zero-order valence-electron chi connectivity index (χ0n) is 10.9. The second-order valence-corrected chi connectivity index (χ2v) is 4.82. The Bertz CT molecular complexity index is 493. The van der Waals surface area contributed by atoms with Crippen LogP contribution in [-0.4, -0.2) is 29.4 Å². The average Bonchev–Trinajstić information content (AvgIpc) is 2.86. The molecule has 1 N–H and O–H groups in total. The van der Waals surface area contributed by atoms with Crippen molar-refractivity contribution in [2.75, 3.05) is 18.5 Å². The second-order valence-electron chi connectivity index (χ2n) is 4.44. The monoisotopic (exact) mass is 304 g/mol. The Morgan fingerprint density at radius 3 is 2.90 bits per heavy atom. The van der Waals surface area contributed by atoms with E-state index in [2.05, 4.69) is 5.32 Å². The van der Waals surface area contributed by atoms with Crippen LogP contribution >= 0.6 is 12.2 Å². The molecule has 1 aliphatic rings. The maximum atomic E-state index is 12.6. The third-order valence-electron chi connectivity index (χ3n) is 3.04. The molecule has 2 rings (SSSR count). The van der Waals surface area contributed by atoms with Crippen LogP contribution in [0.1, 0.15) is 18.9 Å². The summed E-state index contributed by atoms with van der Waals surface area (Å²) in [6.45, 7) is 3.18. The van der Waals surface area contributed by atoms with Gasteiger partial charge in [-0.3, -0.25) is 0 Å². The van der Waals surface area contributed by atoms with Crippen molar-refractivity contribution < 1.29 is 17.9 Å². The SMILES string of the molecule is CCC1OCCN1C(=S)Nc1cccc(C(F)(F)F)c1. The predicted octanol–water partition coefficient (Wildman–Crippen LogP) is 3.47.